The molecule has 0 aliphatic heterocycles. The summed E-state index contributed by atoms with van der Waals surface area (Å²) in [6, 6.07) is 10.4. The van der Waals surface area contributed by atoms with Gasteiger partial charge in [-0.05, 0) is 60.4 Å². The van der Waals surface area contributed by atoms with E-state index in [1.54, 1.807) is 58.0 Å². The van der Waals surface area contributed by atoms with Crippen LogP contribution in [-0.2, 0) is 14.4 Å². The molecule has 1 aliphatic carbocycles. The number of rotatable bonds is 8. The van der Waals surface area contributed by atoms with Crippen LogP contribution < -0.4 is 18.9 Å². The summed E-state index contributed by atoms with van der Waals surface area (Å²) >= 11 is 0. The van der Waals surface area contributed by atoms with Crippen LogP contribution in [0.2, 0.25) is 0 Å². The Kier molecular flexibility index (Phi) is 8.69. The van der Waals surface area contributed by atoms with Crippen LogP contribution in [0.25, 0.3) is 12.2 Å². The first-order valence-corrected chi connectivity index (χ1v) is 11.9. The van der Waals surface area contributed by atoms with Crippen molar-refractivity contribution in [2.45, 2.75) is 40.5 Å². The van der Waals surface area contributed by atoms with Crippen molar-refractivity contribution in [1.29, 1.82) is 0 Å². The van der Waals surface area contributed by atoms with Gasteiger partial charge in [-0.2, -0.15) is 0 Å². The zero-order valence-electron chi connectivity index (χ0n) is 21.5. The maximum atomic E-state index is 13.1. The number of hydrogen-bond acceptors (Lipinski definition) is 7. The van der Waals surface area contributed by atoms with Crippen LogP contribution in [0.15, 0.2) is 47.5 Å². The van der Waals surface area contributed by atoms with E-state index in [-0.39, 0.29) is 29.6 Å². The Morgan fingerprint density at radius 3 is 1.61 bits per heavy atom. The third-order valence-corrected chi connectivity index (χ3v) is 5.67. The fraction of sp³-hybridized carbons (Fsp3) is 0.345. The van der Waals surface area contributed by atoms with Gasteiger partial charge in [-0.25, -0.2) is 0 Å². The average molecular weight is 493 g/mol. The Bertz CT molecular complexity index is 1220. The maximum Gasteiger partial charge on any atom is 0.313 e. The molecule has 0 N–H and O–H groups in total. The highest BCUT2D eigenvalue weighted by molar-refractivity contribution is 6.15. The lowest BCUT2D eigenvalue weighted by atomic mass is 10.1. The Morgan fingerprint density at radius 1 is 0.694 bits per heavy atom. The third kappa shape index (κ3) is 6.42. The van der Waals surface area contributed by atoms with E-state index in [0.29, 0.717) is 47.0 Å². The molecule has 7 heteroatoms. The molecule has 0 atom stereocenters. The topological polar surface area (TPSA) is 88.1 Å². The summed E-state index contributed by atoms with van der Waals surface area (Å²) in [5.41, 5.74) is 2.86. The zero-order valence-corrected chi connectivity index (χ0v) is 21.5. The molecular weight excluding hydrogens is 460 g/mol. The number of ether oxygens (including phenoxy) is 4. The van der Waals surface area contributed by atoms with Gasteiger partial charge in [0.25, 0.3) is 0 Å². The highest BCUT2D eigenvalue weighted by atomic mass is 16.6. The third-order valence-electron chi connectivity index (χ3n) is 5.67. The smallest absolute Gasteiger partial charge is 0.313 e. The fourth-order valence-corrected chi connectivity index (χ4v) is 3.55. The van der Waals surface area contributed by atoms with E-state index in [4.69, 9.17) is 18.9 Å². The van der Waals surface area contributed by atoms with Crippen molar-refractivity contribution in [2.24, 2.45) is 11.8 Å². The minimum Gasteiger partial charge on any atom is -0.493 e. The molecule has 7 nitrogen and oxygen atoms in total. The first-order valence-electron chi connectivity index (χ1n) is 11.9. The highest BCUT2D eigenvalue weighted by Crippen LogP contribution is 2.34. The predicted octanol–water partition coefficient (Wildman–Crippen LogP) is 5.66. The van der Waals surface area contributed by atoms with Crippen LogP contribution in [0.3, 0.4) is 0 Å². The number of carbonyl (C=O) groups excluding carboxylic acids is 3. The molecule has 2 aromatic carbocycles. The summed E-state index contributed by atoms with van der Waals surface area (Å²) in [6.07, 6.45) is 4.83. The number of methoxy groups -OCH3 is 2. The standard InChI is InChI=1S/C29H32O7/c1-17(2)28(31)35-24-12-8-19(15-25(24)34-6)13-21-9-10-22(27(21)30)14-20-7-11-23(33-5)26(16-20)36-29(32)18(3)4/h7-8,11-18H,9-10H2,1-6H3/b21-13+,22-14+. The van der Waals surface area contributed by atoms with Crippen molar-refractivity contribution >= 4 is 29.9 Å². The first-order chi connectivity index (χ1) is 17.1. The molecule has 0 heterocycles. The van der Waals surface area contributed by atoms with Crippen LogP contribution in [0.1, 0.15) is 51.7 Å². The zero-order chi connectivity index (χ0) is 26.4. The summed E-state index contributed by atoms with van der Waals surface area (Å²) < 4.78 is 21.5. The maximum absolute atomic E-state index is 13.1. The van der Waals surface area contributed by atoms with Crippen LogP contribution in [0.4, 0.5) is 0 Å². The van der Waals surface area contributed by atoms with E-state index in [0.717, 1.165) is 11.1 Å². The Morgan fingerprint density at radius 2 is 1.14 bits per heavy atom. The molecule has 0 aromatic heterocycles. The molecule has 2 aromatic rings. The number of hydrogen-bond donors (Lipinski definition) is 0. The molecule has 1 saturated carbocycles. The lowest BCUT2D eigenvalue weighted by molar-refractivity contribution is -0.138. The summed E-state index contributed by atoms with van der Waals surface area (Å²) in [6.45, 7) is 7.03. The average Bonchev–Trinajstić information content (AvgIpc) is 3.18. The lowest BCUT2D eigenvalue weighted by Crippen LogP contribution is -2.15. The lowest BCUT2D eigenvalue weighted by Gasteiger charge is -2.11. The molecule has 0 radical (unpaired) electrons. The number of ketones is 1. The van der Waals surface area contributed by atoms with E-state index < -0.39 is 0 Å². The van der Waals surface area contributed by atoms with Gasteiger partial charge in [-0.15, -0.1) is 0 Å². The van der Waals surface area contributed by atoms with Crippen LogP contribution in [0.5, 0.6) is 23.0 Å². The quantitative estimate of drug-likeness (QED) is 0.267. The number of esters is 2. The van der Waals surface area contributed by atoms with E-state index in [9.17, 15) is 14.4 Å². The summed E-state index contributed by atoms with van der Waals surface area (Å²) in [5.74, 6) is 0.226. The molecule has 1 aliphatic rings. The molecule has 0 bridgehead atoms. The number of carbonyl (C=O) groups is 3. The normalized spacial score (nSPS) is 15.6. The number of allylic oxidation sites excluding steroid dienone is 2. The predicted molar refractivity (Wildman–Crippen MR) is 137 cm³/mol. The van der Waals surface area contributed by atoms with E-state index >= 15 is 0 Å². The van der Waals surface area contributed by atoms with Gasteiger partial charge in [0.1, 0.15) is 0 Å². The van der Waals surface area contributed by atoms with E-state index in [1.165, 1.54) is 14.2 Å². The second-order valence-electron chi connectivity index (χ2n) is 9.14. The molecule has 0 amide bonds. The SMILES string of the molecule is COc1cc(/C=C2\CC/C(=C\c3ccc(OC)c(OC(=O)C(C)C)c3)C2=O)ccc1OC(=O)C(C)C. The van der Waals surface area contributed by atoms with Crippen molar-refractivity contribution in [3.8, 4) is 23.0 Å². The van der Waals surface area contributed by atoms with Gasteiger partial charge in [-0.3, -0.25) is 14.4 Å². The van der Waals surface area contributed by atoms with Gasteiger partial charge < -0.3 is 18.9 Å². The molecular formula is C29H32O7. The van der Waals surface area contributed by atoms with E-state index in [2.05, 4.69) is 0 Å². The molecule has 0 unspecified atom stereocenters. The number of benzene rings is 2. The molecule has 0 saturated heterocycles. The van der Waals surface area contributed by atoms with Crippen molar-refractivity contribution in [3.63, 3.8) is 0 Å². The Balaban J connectivity index is 1.82. The van der Waals surface area contributed by atoms with Crippen LogP contribution >= 0.6 is 0 Å². The number of Topliss-reactive ketones (excluding diaryl/α,β-unsaturated/α-hetero) is 1. The van der Waals surface area contributed by atoms with Gasteiger partial charge in [0.2, 0.25) is 0 Å². The Hall–Kier alpha value is -3.87. The van der Waals surface area contributed by atoms with Gasteiger partial charge >= 0.3 is 11.9 Å². The first kappa shape index (κ1) is 26.7. The van der Waals surface area contributed by atoms with Gasteiger partial charge in [-0.1, -0.05) is 39.8 Å². The summed E-state index contributed by atoms with van der Waals surface area (Å²) in [5, 5.41) is 0. The minimum atomic E-state index is -0.360. The van der Waals surface area contributed by atoms with Gasteiger partial charge in [0, 0.05) is 11.1 Å². The second-order valence-corrected chi connectivity index (χ2v) is 9.14. The second kappa shape index (κ2) is 11.7. The molecule has 36 heavy (non-hydrogen) atoms. The summed E-state index contributed by atoms with van der Waals surface area (Å²) in [4.78, 5) is 37.1. The molecule has 190 valence electrons. The largest absolute Gasteiger partial charge is 0.493 e. The molecule has 0 spiro atoms. The molecule has 1 fully saturated rings. The van der Waals surface area contributed by atoms with Gasteiger partial charge in [0.05, 0.1) is 26.1 Å². The summed E-state index contributed by atoms with van der Waals surface area (Å²) in [7, 11) is 3.01. The fourth-order valence-electron chi connectivity index (χ4n) is 3.55. The van der Waals surface area contributed by atoms with Crippen molar-refractivity contribution in [1.82, 2.24) is 0 Å². The highest BCUT2D eigenvalue weighted by Gasteiger charge is 2.24. The van der Waals surface area contributed by atoms with Crippen LogP contribution in [0, 0.1) is 11.8 Å². The van der Waals surface area contributed by atoms with Crippen molar-refractivity contribution in [2.75, 3.05) is 14.2 Å². The monoisotopic (exact) mass is 492 g/mol. The van der Waals surface area contributed by atoms with Crippen LogP contribution in [-0.4, -0.2) is 31.9 Å². The Labute approximate surface area is 211 Å². The molecule has 3 rings (SSSR count). The van der Waals surface area contributed by atoms with Gasteiger partial charge in [0.15, 0.2) is 28.8 Å². The van der Waals surface area contributed by atoms with Crippen molar-refractivity contribution in [3.05, 3.63) is 58.7 Å². The minimum absolute atomic E-state index is 0.0409. The van der Waals surface area contributed by atoms with E-state index in [1.807, 2.05) is 18.2 Å². The van der Waals surface area contributed by atoms with Crippen molar-refractivity contribution < 1.29 is 33.3 Å².